The van der Waals surface area contributed by atoms with Crippen molar-refractivity contribution in [2.75, 3.05) is 18.8 Å². The number of nitrogens with zero attached hydrogens (tertiary/aromatic N) is 6. The molecule has 1 saturated heterocycles. The predicted octanol–water partition coefficient (Wildman–Crippen LogP) is 4.03. The second kappa shape index (κ2) is 9.29. The van der Waals surface area contributed by atoms with Crippen LogP contribution in [0.5, 0.6) is 11.6 Å². The number of ether oxygens (including phenoxy) is 1. The molecule has 1 amide bonds. The van der Waals surface area contributed by atoms with Gasteiger partial charge in [0.1, 0.15) is 17.8 Å². The molecule has 3 aromatic heterocycles. The third kappa shape index (κ3) is 4.10. The Kier molecular flexibility index (Phi) is 6.00. The number of rotatable bonds is 5. The third-order valence-electron chi connectivity index (χ3n) is 5.96. The molecule has 9 nitrogen and oxygen atoms in total. The first-order chi connectivity index (χ1) is 17.4. The predicted molar refractivity (Wildman–Crippen MR) is 124 cm³/mol. The van der Waals surface area contributed by atoms with Crippen LogP contribution in [0.2, 0.25) is 0 Å². The van der Waals surface area contributed by atoms with E-state index in [0.717, 1.165) is 12.5 Å². The van der Waals surface area contributed by atoms with Crippen LogP contribution in [0.1, 0.15) is 18.9 Å². The maximum atomic E-state index is 15.2. The van der Waals surface area contributed by atoms with Crippen molar-refractivity contribution in [1.82, 2.24) is 29.6 Å². The molecule has 1 aliphatic rings. The molecule has 0 radical (unpaired) electrons. The van der Waals surface area contributed by atoms with Crippen LogP contribution in [0.4, 0.5) is 19.0 Å². The van der Waals surface area contributed by atoms with E-state index < -0.39 is 23.3 Å². The summed E-state index contributed by atoms with van der Waals surface area (Å²) in [7, 11) is 0. The van der Waals surface area contributed by atoms with E-state index in [4.69, 9.17) is 10.5 Å². The number of anilines is 1. The van der Waals surface area contributed by atoms with Crippen LogP contribution in [-0.4, -0.2) is 48.6 Å². The highest BCUT2D eigenvalue weighted by molar-refractivity contribution is 5.98. The quantitative estimate of drug-likeness (QED) is 0.329. The van der Waals surface area contributed by atoms with Gasteiger partial charge in [0.2, 0.25) is 23.6 Å². The van der Waals surface area contributed by atoms with Crippen molar-refractivity contribution in [3.05, 3.63) is 66.9 Å². The molecule has 0 saturated carbocycles. The molecule has 0 bridgehead atoms. The SMILES string of the molecule is C=CC(=O)N1CCC[C@@H](n2nc(-c3ccc(Oc4cccc(F)c4F)nc3F)c3c(N)ncnc32)C1. The van der Waals surface area contributed by atoms with Crippen LogP contribution in [0, 0.1) is 17.6 Å². The lowest BCUT2D eigenvalue weighted by atomic mass is 10.1. The Bertz CT molecular complexity index is 1490. The summed E-state index contributed by atoms with van der Waals surface area (Å²) in [4.78, 5) is 25.9. The van der Waals surface area contributed by atoms with Gasteiger partial charge in [-0.1, -0.05) is 12.6 Å². The van der Waals surface area contributed by atoms with Crippen LogP contribution in [0.15, 0.2) is 49.3 Å². The Morgan fingerprint density at radius 3 is 2.81 bits per heavy atom. The molecule has 184 valence electrons. The molecule has 0 unspecified atom stereocenters. The molecule has 4 heterocycles. The fourth-order valence-electron chi connectivity index (χ4n) is 4.25. The number of carbonyl (C=O) groups is 1. The molecule has 12 heteroatoms. The van der Waals surface area contributed by atoms with Crippen molar-refractivity contribution in [3.8, 4) is 22.9 Å². The van der Waals surface area contributed by atoms with Gasteiger partial charge in [0.25, 0.3) is 0 Å². The molecule has 2 N–H and O–H groups in total. The van der Waals surface area contributed by atoms with Gasteiger partial charge in [-0.25, -0.2) is 19.0 Å². The summed E-state index contributed by atoms with van der Waals surface area (Å²) < 4.78 is 49.4. The summed E-state index contributed by atoms with van der Waals surface area (Å²) in [6, 6.07) is 5.81. The summed E-state index contributed by atoms with van der Waals surface area (Å²) in [5, 5.41) is 4.93. The van der Waals surface area contributed by atoms with Crippen molar-refractivity contribution in [2.24, 2.45) is 0 Å². The first kappa shape index (κ1) is 23.3. The van der Waals surface area contributed by atoms with Gasteiger partial charge in [0.05, 0.1) is 17.0 Å². The second-order valence-electron chi connectivity index (χ2n) is 8.18. The maximum Gasteiger partial charge on any atom is 0.246 e. The molecular formula is C24H20F3N7O2. The lowest BCUT2D eigenvalue weighted by Gasteiger charge is -2.32. The van der Waals surface area contributed by atoms with Crippen LogP contribution < -0.4 is 10.5 Å². The molecule has 1 atom stereocenters. The topological polar surface area (TPSA) is 112 Å². The fraction of sp³-hybridized carbons (Fsp3) is 0.208. The average molecular weight is 495 g/mol. The molecular weight excluding hydrogens is 475 g/mol. The first-order valence-corrected chi connectivity index (χ1v) is 11.1. The van der Waals surface area contributed by atoms with Gasteiger partial charge >= 0.3 is 0 Å². The van der Waals surface area contributed by atoms with Crippen LogP contribution in [0.3, 0.4) is 0 Å². The maximum absolute atomic E-state index is 15.2. The Morgan fingerprint density at radius 2 is 2.03 bits per heavy atom. The normalized spacial score (nSPS) is 15.8. The smallest absolute Gasteiger partial charge is 0.246 e. The highest BCUT2D eigenvalue weighted by Gasteiger charge is 2.29. The van der Waals surface area contributed by atoms with E-state index in [1.807, 2.05) is 0 Å². The Hall–Kier alpha value is -4.48. The highest BCUT2D eigenvalue weighted by atomic mass is 19.2. The summed E-state index contributed by atoms with van der Waals surface area (Å²) in [5.41, 5.74) is 6.65. The highest BCUT2D eigenvalue weighted by Crippen LogP contribution is 2.35. The molecule has 1 fully saturated rings. The van der Waals surface area contributed by atoms with E-state index in [-0.39, 0.29) is 34.9 Å². The Balaban J connectivity index is 1.54. The van der Waals surface area contributed by atoms with Crippen molar-refractivity contribution < 1.29 is 22.7 Å². The van der Waals surface area contributed by atoms with E-state index in [1.165, 1.54) is 36.7 Å². The molecule has 4 aromatic rings. The molecule has 1 aliphatic heterocycles. The van der Waals surface area contributed by atoms with E-state index in [2.05, 4.69) is 26.6 Å². The number of likely N-dealkylation sites (tertiary alicyclic amines) is 1. The fourth-order valence-corrected chi connectivity index (χ4v) is 4.25. The Morgan fingerprint density at radius 1 is 1.19 bits per heavy atom. The number of carbonyl (C=O) groups excluding carboxylic acids is 1. The van der Waals surface area contributed by atoms with Gasteiger partial charge in [0.15, 0.2) is 17.2 Å². The number of nitrogens with two attached hydrogens (primary N) is 1. The second-order valence-corrected chi connectivity index (χ2v) is 8.18. The summed E-state index contributed by atoms with van der Waals surface area (Å²) in [6.45, 7) is 4.51. The summed E-state index contributed by atoms with van der Waals surface area (Å²) >= 11 is 0. The van der Waals surface area contributed by atoms with E-state index >= 15 is 4.39 Å². The number of amides is 1. The lowest BCUT2D eigenvalue weighted by molar-refractivity contribution is -0.127. The number of nitrogen functional groups attached to an aromatic ring is 1. The third-order valence-corrected chi connectivity index (χ3v) is 5.96. The zero-order valence-electron chi connectivity index (χ0n) is 18.9. The van der Waals surface area contributed by atoms with E-state index in [1.54, 1.807) is 9.58 Å². The van der Waals surface area contributed by atoms with Gasteiger partial charge in [-0.15, -0.1) is 0 Å². The average Bonchev–Trinajstić information content (AvgIpc) is 3.27. The monoisotopic (exact) mass is 495 g/mol. The molecule has 0 spiro atoms. The number of hydrogen-bond donors (Lipinski definition) is 1. The van der Waals surface area contributed by atoms with Crippen LogP contribution in [0.25, 0.3) is 22.3 Å². The standard InChI is InChI=1S/C24H20F3N7O2/c1-2-18(35)33-10-4-5-13(11-33)34-24-19(23(28)29-12-30-24)21(32-34)14-8-9-17(31-22(14)27)36-16-7-3-6-15(25)20(16)26/h2-3,6-9,12-13H,1,4-5,10-11H2,(H2,28,29,30)/t13-/m1/s1. The minimum atomic E-state index is -1.21. The number of pyridine rings is 1. The number of piperidine rings is 1. The first-order valence-electron chi connectivity index (χ1n) is 11.1. The lowest BCUT2D eigenvalue weighted by Crippen LogP contribution is -2.40. The minimum Gasteiger partial charge on any atom is -0.436 e. The van der Waals surface area contributed by atoms with E-state index in [0.29, 0.717) is 30.5 Å². The Labute approximate surface area is 203 Å². The number of benzene rings is 1. The van der Waals surface area contributed by atoms with Crippen molar-refractivity contribution in [1.29, 1.82) is 0 Å². The molecule has 36 heavy (non-hydrogen) atoms. The largest absolute Gasteiger partial charge is 0.436 e. The van der Waals surface area contributed by atoms with Crippen molar-refractivity contribution in [2.45, 2.75) is 18.9 Å². The van der Waals surface area contributed by atoms with Gasteiger partial charge in [0, 0.05) is 19.2 Å². The van der Waals surface area contributed by atoms with Gasteiger partial charge < -0.3 is 15.4 Å². The van der Waals surface area contributed by atoms with E-state index in [9.17, 15) is 13.6 Å². The number of hydrogen-bond acceptors (Lipinski definition) is 7. The van der Waals surface area contributed by atoms with Crippen LogP contribution in [-0.2, 0) is 4.79 Å². The summed E-state index contributed by atoms with van der Waals surface area (Å²) in [5.74, 6) is -4.09. The van der Waals surface area contributed by atoms with Gasteiger partial charge in [-0.05, 0) is 37.1 Å². The van der Waals surface area contributed by atoms with Crippen molar-refractivity contribution in [3.63, 3.8) is 0 Å². The number of aromatic nitrogens is 5. The minimum absolute atomic E-state index is 0.0119. The summed E-state index contributed by atoms with van der Waals surface area (Å²) in [6.07, 6.45) is 4.00. The molecule has 0 aliphatic carbocycles. The zero-order valence-corrected chi connectivity index (χ0v) is 18.9. The van der Waals surface area contributed by atoms with Crippen molar-refractivity contribution >= 4 is 22.8 Å². The van der Waals surface area contributed by atoms with Crippen LogP contribution >= 0.6 is 0 Å². The zero-order chi connectivity index (χ0) is 25.4. The van der Waals surface area contributed by atoms with Gasteiger partial charge in [-0.2, -0.15) is 18.9 Å². The molecule has 1 aromatic carbocycles. The van der Waals surface area contributed by atoms with Gasteiger partial charge in [-0.3, -0.25) is 4.79 Å². The number of halogens is 3. The number of fused-ring (bicyclic) bond motifs is 1. The molecule has 5 rings (SSSR count).